The van der Waals surface area contributed by atoms with Crippen LogP contribution in [-0.2, 0) is 12.8 Å². The zero-order valence-electron chi connectivity index (χ0n) is 11.1. The number of nitrogens with zero attached hydrogens (tertiary/aromatic N) is 1. The van der Waals surface area contributed by atoms with Crippen molar-refractivity contribution >= 4 is 34.0 Å². The largest absolute Gasteiger partial charge is 0.337 e. The van der Waals surface area contributed by atoms with Crippen LogP contribution < -0.4 is 0 Å². The number of aryl methyl sites for hydroxylation is 2. The Hall–Kier alpha value is -1.32. The van der Waals surface area contributed by atoms with Gasteiger partial charge < -0.3 is 4.98 Å². The van der Waals surface area contributed by atoms with E-state index < -0.39 is 0 Å². The number of halogens is 1. The maximum absolute atomic E-state index is 6.20. The van der Waals surface area contributed by atoms with E-state index in [1.54, 1.807) is 4.88 Å². The van der Waals surface area contributed by atoms with Crippen molar-refractivity contribution in [1.82, 2.24) is 9.97 Å². The molecule has 0 saturated heterocycles. The van der Waals surface area contributed by atoms with Gasteiger partial charge >= 0.3 is 0 Å². The molecule has 1 aliphatic rings. The van der Waals surface area contributed by atoms with Gasteiger partial charge in [-0.15, -0.1) is 11.3 Å². The number of aromatic nitrogens is 2. The molecule has 1 N–H and O–H groups in total. The molecule has 20 heavy (non-hydrogen) atoms. The van der Waals surface area contributed by atoms with Gasteiger partial charge in [0.15, 0.2) is 0 Å². The summed E-state index contributed by atoms with van der Waals surface area (Å²) in [6.45, 7) is 0. The lowest BCUT2D eigenvalue weighted by atomic mass is 10.1. The Labute approximate surface area is 126 Å². The van der Waals surface area contributed by atoms with E-state index in [-0.39, 0.29) is 0 Å². The Morgan fingerprint density at radius 2 is 2.05 bits per heavy atom. The molecule has 0 bridgehead atoms. The number of para-hydroxylation sites is 1. The first-order chi connectivity index (χ1) is 9.81. The minimum Gasteiger partial charge on any atom is -0.337 e. The van der Waals surface area contributed by atoms with Crippen LogP contribution in [0.2, 0.25) is 5.02 Å². The molecule has 2 nitrogen and oxygen atoms in total. The Morgan fingerprint density at radius 3 is 2.95 bits per heavy atom. The molecular weight excluding hydrogens is 288 g/mol. The van der Waals surface area contributed by atoms with E-state index in [1.807, 2.05) is 29.5 Å². The summed E-state index contributed by atoms with van der Waals surface area (Å²) in [4.78, 5) is 10.9. The van der Waals surface area contributed by atoms with Gasteiger partial charge in [0, 0.05) is 4.88 Å². The monoisotopic (exact) mass is 302 g/mol. The molecule has 4 heteroatoms. The van der Waals surface area contributed by atoms with Crippen molar-refractivity contribution in [3.05, 3.63) is 39.7 Å². The second-order valence-electron chi connectivity index (χ2n) is 5.34. The lowest BCUT2D eigenvalue weighted by Crippen LogP contribution is -1.81. The predicted octanol–water partition coefficient (Wildman–Crippen LogP) is 5.21. The fraction of sp³-hybridized carbons (Fsp3) is 0.312. The molecule has 0 fully saturated rings. The van der Waals surface area contributed by atoms with E-state index >= 15 is 0 Å². The summed E-state index contributed by atoms with van der Waals surface area (Å²) in [5.41, 5.74) is 3.40. The van der Waals surface area contributed by atoms with Crippen LogP contribution in [0.5, 0.6) is 0 Å². The van der Waals surface area contributed by atoms with Crippen LogP contribution in [0.1, 0.15) is 29.7 Å². The van der Waals surface area contributed by atoms with E-state index in [0.29, 0.717) is 5.02 Å². The van der Waals surface area contributed by atoms with Crippen LogP contribution in [0.25, 0.3) is 21.7 Å². The van der Waals surface area contributed by atoms with Crippen LogP contribution in [0.15, 0.2) is 24.3 Å². The van der Waals surface area contributed by atoms with E-state index in [9.17, 15) is 0 Å². The fourth-order valence-corrected chi connectivity index (χ4v) is 4.31. The Morgan fingerprint density at radius 1 is 1.15 bits per heavy atom. The quantitative estimate of drug-likeness (QED) is 0.614. The SMILES string of the molecule is Clc1cccc2[nH]c(-c3cc4c(s3)CCCCC4)nc12. The molecule has 0 saturated carbocycles. The maximum atomic E-state index is 6.20. The fourth-order valence-electron chi connectivity index (χ4n) is 2.90. The summed E-state index contributed by atoms with van der Waals surface area (Å²) in [6.07, 6.45) is 6.43. The summed E-state index contributed by atoms with van der Waals surface area (Å²) >= 11 is 8.09. The first-order valence-corrected chi connectivity index (χ1v) is 8.27. The normalized spacial score (nSPS) is 15.2. The molecule has 0 spiro atoms. The zero-order valence-corrected chi connectivity index (χ0v) is 12.7. The van der Waals surface area contributed by atoms with E-state index in [2.05, 4.69) is 16.0 Å². The Balaban J connectivity index is 1.81. The molecular formula is C16H15ClN2S. The van der Waals surface area contributed by atoms with Crippen molar-refractivity contribution in [2.45, 2.75) is 32.1 Å². The van der Waals surface area contributed by atoms with E-state index in [1.165, 1.54) is 42.5 Å². The van der Waals surface area contributed by atoms with Gasteiger partial charge in [-0.3, -0.25) is 0 Å². The van der Waals surface area contributed by atoms with E-state index in [0.717, 1.165) is 16.9 Å². The van der Waals surface area contributed by atoms with Gasteiger partial charge in [-0.1, -0.05) is 24.1 Å². The number of aromatic amines is 1. The van der Waals surface area contributed by atoms with Crippen molar-refractivity contribution in [3.63, 3.8) is 0 Å². The molecule has 0 amide bonds. The Bertz CT molecular complexity index is 748. The third-order valence-electron chi connectivity index (χ3n) is 3.94. The van der Waals surface area contributed by atoms with E-state index in [4.69, 9.17) is 11.6 Å². The van der Waals surface area contributed by atoms with Crippen molar-refractivity contribution in [2.24, 2.45) is 0 Å². The Kier molecular flexibility index (Phi) is 3.04. The second kappa shape index (κ2) is 4.90. The van der Waals surface area contributed by atoms with Crippen LogP contribution in [-0.4, -0.2) is 9.97 Å². The first kappa shape index (κ1) is 12.4. The first-order valence-electron chi connectivity index (χ1n) is 7.07. The third-order valence-corrected chi connectivity index (χ3v) is 5.49. The number of fused-ring (bicyclic) bond motifs is 2. The molecule has 4 rings (SSSR count). The maximum Gasteiger partial charge on any atom is 0.148 e. The highest BCUT2D eigenvalue weighted by atomic mass is 35.5. The molecule has 2 heterocycles. The molecule has 0 radical (unpaired) electrons. The zero-order chi connectivity index (χ0) is 13.5. The number of benzene rings is 1. The van der Waals surface area contributed by atoms with Gasteiger partial charge in [-0.05, 0) is 49.4 Å². The van der Waals surface area contributed by atoms with Gasteiger partial charge in [0.1, 0.15) is 11.3 Å². The molecule has 2 aromatic heterocycles. The number of hydrogen-bond donors (Lipinski definition) is 1. The number of H-pyrrole nitrogens is 1. The number of rotatable bonds is 1. The van der Waals surface area contributed by atoms with Crippen LogP contribution >= 0.6 is 22.9 Å². The van der Waals surface area contributed by atoms with Gasteiger partial charge in [0.2, 0.25) is 0 Å². The summed E-state index contributed by atoms with van der Waals surface area (Å²) in [6, 6.07) is 8.18. The molecule has 0 aliphatic heterocycles. The molecule has 0 unspecified atom stereocenters. The number of thiophene rings is 1. The smallest absolute Gasteiger partial charge is 0.148 e. The van der Waals surface area contributed by atoms with Crippen molar-refractivity contribution in [3.8, 4) is 10.7 Å². The molecule has 1 aliphatic carbocycles. The lowest BCUT2D eigenvalue weighted by molar-refractivity contribution is 0.713. The average molecular weight is 303 g/mol. The molecule has 1 aromatic carbocycles. The standard InChI is InChI=1S/C16H15ClN2S/c17-11-6-4-7-12-15(11)19-16(18-12)14-9-10-5-2-1-3-8-13(10)20-14/h4,6-7,9H,1-3,5,8H2,(H,18,19). The van der Waals surface area contributed by atoms with Crippen molar-refractivity contribution < 1.29 is 0 Å². The van der Waals surface area contributed by atoms with Crippen molar-refractivity contribution in [2.75, 3.05) is 0 Å². The highest BCUT2D eigenvalue weighted by molar-refractivity contribution is 7.15. The third kappa shape index (κ3) is 2.05. The summed E-state index contributed by atoms with van der Waals surface area (Å²) in [5, 5.41) is 0.711. The van der Waals surface area contributed by atoms with Crippen LogP contribution in [0, 0.1) is 0 Å². The predicted molar refractivity (Wildman–Crippen MR) is 85.7 cm³/mol. The highest BCUT2D eigenvalue weighted by Crippen LogP contribution is 2.35. The second-order valence-corrected chi connectivity index (χ2v) is 6.89. The highest BCUT2D eigenvalue weighted by Gasteiger charge is 2.15. The van der Waals surface area contributed by atoms with Crippen LogP contribution in [0.3, 0.4) is 0 Å². The number of nitrogens with one attached hydrogen (secondary N) is 1. The van der Waals surface area contributed by atoms with Gasteiger partial charge in [0.25, 0.3) is 0 Å². The summed E-state index contributed by atoms with van der Waals surface area (Å²) < 4.78 is 0. The number of imidazole rings is 1. The topological polar surface area (TPSA) is 28.7 Å². The molecule has 3 aromatic rings. The van der Waals surface area contributed by atoms with Crippen molar-refractivity contribution in [1.29, 1.82) is 0 Å². The van der Waals surface area contributed by atoms with Gasteiger partial charge in [-0.2, -0.15) is 0 Å². The summed E-state index contributed by atoms with van der Waals surface area (Å²) in [5.74, 6) is 0.950. The molecule has 0 atom stereocenters. The van der Waals surface area contributed by atoms with Crippen LogP contribution in [0.4, 0.5) is 0 Å². The van der Waals surface area contributed by atoms with Gasteiger partial charge in [-0.25, -0.2) is 4.98 Å². The molecule has 102 valence electrons. The number of hydrogen-bond acceptors (Lipinski definition) is 2. The minimum atomic E-state index is 0.711. The lowest BCUT2D eigenvalue weighted by Gasteiger charge is -1.92. The minimum absolute atomic E-state index is 0.711. The summed E-state index contributed by atoms with van der Waals surface area (Å²) in [7, 11) is 0. The average Bonchev–Trinajstić information content (AvgIpc) is 2.99. The van der Waals surface area contributed by atoms with Gasteiger partial charge in [0.05, 0.1) is 15.4 Å².